The van der Waals surface area contributed by atoms with Crippen molar-refractivity contribution in [2.45, 2.75) is 67.0 Å². The molecule has 1 aromatic rings. The van der Waals surface area contributed by atoms with Crippen LogP contribution in [0.2, 0.25) is 0 Å². The minimum absolute atomic E-state index is 0.0549. The number of fused-ring (bicyclic) bond motifs is 1. The van der Waals surface area contributed by atoms with Crippen molar-refractivity contribution in [3.05, 3.63) is 35.4 Å². The number of nitrogens with zero attached hydrogens (tertiary/aromatic N) is 1. The van der Waals surface area contributed by atoms with Crippen molar-refractivity contribution in [3.8, 4) is 0 Å². The monoisotopic (exact) mass is 315 g/mol. The maximum absolute atomic E-state index is 12.9. The lowest BCUT2D eigenvalue weighted by Crippen LogP contribution is -2.52. The van der Waals surface area contributed by atoms with E-state index in [4.69, 9.17) is 0 Å². The molecule has 1 aliphatic heterocycles. The van der Waals surface area contributed by atoms with E-state index in [-0.39, 0.29) is 23.1 Å². The number of amides is 1. The molecular weight excluding hydrogens is 286 g/mol. The van der Waals surface area contributed by atoms with Crippen LogP contribution < -0.4 is 0 Å². The van der Waals surface area contributed by atoms with E-state index in [0.717, 1.165) is 5.56 Å². The van der Waals surface area contributed by atoms with E-state index in [2.05, 4.69) is 32.9 Å². The predicted octanol–water partition coefficient (Wildman–Crippen LogP) is 3.99. The molecule has 3 heteroatoms. The van der Waals surface area contributed by atoms with Gasteiger partial charge in [0.1, 0.15) is 0 Å². The van der Waals surface area contributed by atoms with Gasteiger partial charge in [-0.05, 0) is 16.5 Å². The van der Waals surface area contributed by atoms with Crippen LogP contribution in [-0.2, 0) is 22.6 Å². The van der Waals surface area contributed by atoms with Gasteiger partial charge in [-0.2, -0.15) is 0 Å². The highest BCUT2D eigenvalue weighted by Crippen LogP contribution is 2.31. The van der Waals surface area contributed by atoms with Crippen molar-refractivity contribution >= 4 is 11.7 Å². The topological polar surface area (TPSA) is 37.4 Å². The number of benzene rings is 1. The van der Waals surface area contributed by atoms with E-state index in [1.807, 2.05) is 32.9 Å². The van der Waals surface area contributed by atoms with Gasteiger partial charge in [-0.1, -0.05) is 65.8 Å². The van der Waals surface area contributed by atoms with Gasteiger partial charge in [-0.25, -0.2) is 0 Å². The highest BCUT2D eigenvalue weighted by Gasteiger charge is 2.39. The summed E-state index contributed by atoms with van der Waals surface area (Å²) in [6, 6.07) is 7.80. The van der Waals surface area contributed by atoms with Gasteiger partial charge in [0.25, 0.3) is 0 Å². The Bertz CT molecular complexity index is 605. The molecule has 0 radical (unpaired) electrons. The van der Waals surface area contributed by atoms with Crippen molar-refractivity contribution in [3.63, 3.8) is 0 Å². The zero-order valence-electron chi connectivity index (χ0n) is 15.3. The van der Waals surface area contributed by atoms with Crippen LogP contribution in [0.5, 0.6) is 0 Å². The summed E-state index contributed by atoms with van der Waals surface area (Å²) in [5, 5.41) is 0. The molecule has 0 saturated heterocycles. The van der Waals surface area contributed by atoms with Crippen LogP contribution in [-0.4, -0.2) is 22.6 Å². The molecule has 1 aromatic carbocycles. The SMILES string of the molecule is CC(C)(C)CC(=O)C1Cc2ccccc2CN1C(=O)C(C)(C)C. The molecule has 1 unspecified atom stereocenters. The maximum Gasteiger partial charge on any atom is 0.228 e. The Kier molecular flexibility index (Phi) is 4.70. The van der Waals surface area contributed by atoms with Crippen molar-refractivity contribution in [2.24, 2.45) is 10.8 Å². The number of ketones is 1. The lowest BCUT2D eigenvalue weighted by Gasteiger charge is -2.40. The third-order valence-electron chi connectivity index (χ3n) is 4.23. The molecule has 3 nitrogen and oxygen atoms in total. The van der Waals surface area contributed by atoms with Gasteiger partial charge in [-0.3, -0.25) is 9.59 Å². The zero-order chi connectivity index (χ0) is 17.4. The first-order valence-electron chi connectivity index (χ1n) is 8.39. The van der Waals surface area contributed by atoms with Gasteiger partial charge in [0.15, 0.2) is 5.78 Å². The number of rotatable bonds is 2. The number of carbonyl (C=O) groups is 2. The first-order valence-corrected chi connectivity index (χ1v) is 8.39. The number of Topliss-reactive ketones (excluding diaryl/α,β-unsaturated/α-hetero) is 1. The van der Waals surface area contributed by atoms with Crippen LogP contribution in [0, 0.1) is 10.8 Å². The Morgan fingerprint density at radius 1 is 1.04 bits per heavy atom. The van der Waals surface area contributed by atoms with Gasteiger partial charge in [0.2, 0.25) is 5.91 Å². The molecule has 0 bridgehead atoms. The fourth-order valence-corrected chi connectivity index (χ4v) is 3.10. The van der Waals surface area contributed by atoms with Crippen LogP contribution >= 0.6 is 0 Å². The van der Waals surface area contributed by atoms with Gasteiger partial charge in [0.05, 0.1) is 6.04 Å². The lowest BCUT2D eigenvalue weighted by atomic mass is 9.82. The third-order valence-corrected chi connectivity index (χ3v) is 4.23. The van der Waals surface area contributed by atoms with Gasteiger partial charge >= 0.3 is 0 Å². The second kappa shape index (κ2) is 6.10. The number of hydrogen-bond donors (Lipinski definition) is 0. The molecule has 1 amide bonds. The molecule has 0 N–H and O–H groups in total. The van der Waals surface area contributed by atoms with Crippen molar-refractivity contribution in [1.82, 2.24) is 4.90 Å². The highest BCUT2D eigenvalue weighted by atomic mass is 16.2. The first kappa shape index (κ1) is 17.7. The summed E-state index contributed by atoms with van der Waals surface area (Å²) in [6.07, 6.45) is 1.13. The molecule has 126 valence electrons. The molecular formula is C20H29NO2. The summed E-state index contributed by atoms with van der Waals surface area (Å²) in [7, 11) is 0. The molecule has 1 atom stereocenters. The largest absolute Gasteiger partial charge is 0.328 e. The Hall–Kier alpha value is -1.64. The first-order chi connectivity index (χ1) is 10.5. The fraction of sp³-hybridized carbons (Fsp3) is 0.600. The minimum Gasteiger partial charge on any atom is -0.328 e. The van der Waals surface area contributed by atoms with Crippen molar-refractivity contribution < 1.29 is 9.59 Å². The predicted molar refractivity (Wildman–Crippen MR) is 93.0 cm³/mol. The molecule has 1 aliphatic rings. The molecule has 0 spiro atoms. The average molecular weight is 315 g/mol. The van der Waals surface area contributed by atoms with E-state index < -0.39 is 5.41 Å². The Balaban J connectivity index is 2.35. The summed E-state index contributed by atoms with van der Waals surface area (Å²) in [5.74, 6) is 0.226. The van der Waals surface area contributed by atoms with Crippen LogP contribution in [0.3, 0.4) is 0 Å². The maximum atomic E-state index is 12.9. The average Bonchev–Trinajstić information content (AvgIpc) is 2.42. The van der Waals surface area contributed by atoms with Crippen LogP contribution in [0.25, 0.3) is 0 Å². The lowest BCUT2D eigenvalue weighted by molar-refractivity contribution is -0.148. The van der Waals surface area contributed by atoms with E-state index in [9.17, 15) is 9.59 Å². The number of hydrogen-bond acceptors (Lipinski definition) is 2. The van der Waals surface area contributed by atoms with E-state index >= 15 is 0 Å². The third kappa shape index (κ3) is 4.21. The smallest absolute Gasteiger partial charge is 0.228 e. The van der Waals surface area contributed by atoms with Crippen LogP contribution in [0.4, 0.5) is 0 Å². The standard InChI is InChI=1S/C20H29NO2/c1-19(2,3)12-17(22)16-11-14-9-7-8-10-15(14)13-21(16)18(23)20(4,5)6/h7-10,16H,11-13H2,1-6H3. The molecule has 0 saturated carbocycles. The molecule has 23 heavy (non-hydrogen) atoms. The van der Waals surface area contributed by atoms with E-state index in [1.165, 1.54) is 5.56 Å². The van der Waals surface area contributed by atoms with Crippen LogP contribution in [0.15, 0.2) is 24.3 Å². The summed E-state index contributed by atoms with van der Waals surface area (Å²) < 4.78 is 0. The second-order valence-corrected chi connectivity index (χ2v) is 8.88. The Labute approximate surface area is 140 Å². The number of carbonyl (C=O) groups excluding carboxylic acids is 2. The summed E-state index contributed by atoms with van der Waals surface area (Å²) in [5.41, 5.74) is 1.81. The van der Waals surface area contributed by atoms with E-state index in [1.54, 1.807) is 4.90 Å². The van der Waals surface area contributed by atoms with Gasteiger partial charge < -0.3 is 4.90 Å². The molecule has 0 aromatic heterocycles. The van der Waals surface area contributed by atoms with Crippen molar-refractivity contribution in [1.29, 1.82) is 0 Å². The van der Waals surface area contributed by atoms with E-state index in [0.29, 0.717) is 19.4 Å². The zero-order valence-corrected chi connectivity index (χ0v) is 15.3. The minimum atomic E-state index is -0.480. The molecule has 0 aliphatic carbocycles. The highest BCUT2D eigenvalue weighted by molar-refractivity contribution is 5.91. The molecule has 1 heterocycles. The Morgan fingerprint density at radius 2 is 1.61 bits per heavy atom. The summed E-state index contributed by atoms with van der Waals surface area (Å²) >= 11 is 0. The van der Waals surface area contributed by atoms with Crippen molar-refractivity contribution in [2.75, 3.05) is 0 Å². The molecule has 0 fully saturated rings. The fourth-order valence-electron chi connectivity index (χ4n) is 3.10. The van der Waals surface area contributed by atoms with Crippen LogP contribution in [0.1, 0.15) is 59.1 Å². The normalized spacial score (nSPS) is 18.5. The Morgan fingerprint density at radius 3 is 2.13 bits per heavy atom. The van der Waals surface area contributed by atoms with Gasteiger partial charge in [0, 0.05) is 24.8 Å². The van der Waals surface area contributed by atoms with Gasteiger partial charge in [-0.15, -0.1) is 0 Å². The summed E-state index contributed by atoms with van der Waals surface area (Å²) in [6.45, 7) is 12.5. The molecule has 2 rings (SSSR count). The quantitative estimate of drug-likeness (QED) is 0.827. The summed E-state index contributed by atoms with van der Waals surface area (Å²) in [4.78, 5) is 27.6. The second-order valence-electron chi connectivity index (χ2n) is 8.88.